The minimum atomic E-state index is -0.553. The average Bonchev–Trinajstić information content (AvgIpc) is 2.78. The van der Waals surface area contributed by atoms with Crippen LogP contribution >= 0.6 is 0 Å². The highest BCUT2D eigenvalue weighted by atomic mass is 16.5. The normalized spacial score (nSPS) is 10.4. The van der Waals surface area contributed by atoms with E-state index in [9.17, 15) is 9.59 Å². The Hall–Kier alpha value is -3.72. The van der Waals surface area contributed by atoms with Crippen LogP contribution in [0.4, 0.5) is 5.69 Å². The zero-order chi connectivity index (χ0) is 21.5. The number of nitriles is 1. The number of aryl methyl sites for hydroxylation is 1. The third-order valence-electron chi connectivity index (χ3n) is 4.92. The second-order valence-electron chi connectivity index (χ2n) is 6.79. The first-order chi connectivity index (χ1) is 14.6. The van der Waals surface area contributed by atoms with Gasteiger partial charge >= 0.3 is 5.97 Å². The summed E-state index contributed by atoms with van der Waals surface area (Å²) < 4.78 is 5.42. The van der Waals surface area contributed by atoms with E-state index in [-0.39, 0.29) is 18.9 Å². The van der Waals surface area contributed by atoms with Gasteiger partial charge in [-0.15, -0.1) is 0 Å². The van der Waals surface area contributed by atoms with Crippen LogP contribution in [0.15, 0.2) is 54.6 Å². The highest BCUT2D eigenvalue weighted by molar-refractivity contribution is 6.06. The van der Waals surface area contributed by atoms with Gasteiger partial charge in [-0.1, -0.05) is 43.3 Å². The van der Waals surface area contributed by atoms with Gasteiger partial charge in [-0.3, -0.25) is 9.78 Å². The molecule has 3 rings (SSSR count). The molecule has 0 aliphatic carbocycles. The molecule has 0 bridgehead atoms. The van der Waals surface area contributed by atoms with E-state index in [1.807, 2.05) is 62.4 Å². The molecule has 1 aromatic heterocycles. The first-order valence-electron chi connectivity index (χ1n) is 9.84. The lowest BCUT2D eigenvalue weighted by Crippen LogP contribution is -2.35. The maximum Gasteiger partial charge on any atom is 0.339 e. The number of para-hydroxylation sites is 2. The van der Waals surface area contributed by atoms with Crippen molar-refractivity contribution in [1.82, 2.24) is 4.98 Å². The number of pyridine rings is 1. The number of hydrogen-bond acceptors (Lipinski definition) is 5. The van der Waals surface area contributed by atoms with Crippen LogP contribution in [0.2, 0.25) is 0 Å². The highest BCUT2D eigenvalue weighted by Gasteiger charge is 2.22. The van der Waals surface area contributed by atoms with Crippen molar-refractivity contribution < 1.29 is 14.3 Å². The van der Waals surface area contributed by atoms with Crippen LogP contribution < -0.4 is 4.90 Å². The maximum atomic E-state index is 13.0. The first kappa shape index (κ1) is 21.0. The number of aromatic nitrogens is 1. The molecule has 6 heteroatoms. The summed E-state index contributed by atoms with van der Waals surface area (Å²) >= 11 is 0. The van der Waals surface area contributed by atoms with E-state index in [4.69, 9.17) is 10.00 Å². The smallest absolute Gasteiger partial charge is 0.339 e. The topological polar surface area (TPSA) is 83.3 Å². The molecular weight excluding hydrogens is 378 g/mol. The van der Waals surface area contributed by atoms with Gasteiger partial charge in [0.15, 0.2) is 6.61 Å². The molecule has 3 aromatic rings. The van der Waals surface area contributed by atoms with Crippen LogP contribution in [0, 0.1) is 18.3 Å². The molecule has 1 amide bonds. The van der Waals surface area contributed by atoms with Gasteiger partial charge in [-0.25, -0.2) is 4.79 Å². The lowest BCUT2D eigenvalue weighted by atomic mass is 10.0. The number of hydrogen-bond donors (Lipinski definition) is 0. The Labute approximate surface area is 175 Å². The summed E-state index contributed by atoms with van der Waals surface area (Å²) in [7, 11) is 0. The lowest BCUT2D eigenvalue weighted by molar-refractivity contribution is -0.121. The number of carbonyl (C=O) groups is 2. The van der Waals surface area contributed by atoms with E-state index >= 15 is 0 Å². The fourth-order valence-electron chi connectivity index (χ4n) is 3.41. The number of ether oxygens (including phenoxy) is 1. The Balaban J connectivity index is 1.83. The third kappa shape index (κ3) is 4.47. The Bertz CT molecular complexity index is 1100. The fourth-order valence-corrected chi connectivity index (χ4v) is 3.41. The van der Waals surface area contributed by atoms with Gasteiger partial charge in [0.05, 0.1) is 23.6 Å². The van der Waals surface area contributed by atoms with Crippen LogP contribution in [0.3, 0.4) is 0 Å². The van der Waals surface area contributed by atoms with E-state index in [0.29, 0.717) is 23.1 Å². The zero-order valence-electron chi connectivity index (χ0n) is 17.1. The molecule has 0 spiro atoms. The number of esters is 1. The Morgan fingerprint density at radius 3 is 2.50 bits per heavy atom. The Morgan fingerprint density at radius 2 is 1.80 bits per heavy atom. The molecule has 0 aliphatic rings. The number of carbonyl (C=O) groups excluding carboxylic acids is 2. The summed E-state index contributed by atoms with van der Waals surface area (Å²) in [4.78, 5) is 31.8. The van der Waals surface area contributed by atoms with Crippen molar-refractivity contribution in [2.75, 3.05) is 18.1 Å². The van der Waals surface area contributed by atoms with Crippen LogP contribution in [0.25, 0.3) is 10.9 Å². The molecule has 0 N–H and O–H groups in total. The van der Waals surface area contributed by atoms with E-state index in [2.05, 4.69) is 4.98 Å². The van der Waals surface area contributed by atoms with Gasteiger partial charge in [0, 0.05) is 23.3 Å². The fraction of sp³-hybridized carbons (Fsp3) is 0.250. The molecule has 2 aromatic carbocycles. The molecule has 1 heterocycles. The SMILES string of the molecule is CCc1nc2ccccc2c(C(=O)OCC(=O)N(CCC#N)c2ccccc2)c1C. The Morgan fingerprint density at radius 1 is 1.10 bits per heavy atom. The second kappa shape index (κ2) is 9.66. The molecule has 6 nitrogen and oxygen atoms in total. The molecule has 0 saturated heterocycles. The van der Waals surface area contributed by atoms with Crippen molar-refractivity contribution in [2.24, 2.45) is 0 Å². The standard InChI is InChI=1S/C24H23N3O3/c1-3-20-17(2)23(19-12-7-8-13-21(19)26-20)24(29)30-16-22(28)27(15-9-14-25)18-10-5-4-6-11-18/h4-8,10-13H,3,9,15-16H2,1-2H3. The van der Waals surface area contributed by atoms with Crippen molar-refractivity contribution >= 4 is 28.5 Å². The van der Waals surface area contributed by atoms with E-state index in [1.165, 1.54) is 4.90 Å². The van der Waals surface area contributed by atoms with Gasteiger partial charge in [0.25, 0.3) is 5.91 Å². The number of rotatable bonds is 7. The van der Waals surface area contributed by atoms with Gasteiger partial charge in [0.1, 0.15) is 0 Å². The Kier molecular flexibility index (Phi) is 6.76. The molecule has 0 fully saturated rings. The van der Waals surface area contributed by atoms with Gasteiger partial charge in [0.2, 0.25) is 0 Å². The van der Waals surface area contributed by atoms with Gasteiger partial charge in [-0.2, -0.15) is 5.26 Å². The summed E-state index contributed by atoms with van der Waals surface area (Å²) in [6, 6.07) is 18.5. The van der Waals surface area contributed by atoms with Crippen LogP contribution in [-0.4, -0.2) is 30.0 Å². The van der Waals surface area contributed by atoms with Gasteiger partial charge in [-0.05, 0) is 37.1 Å². The summed E-state index contributed by atoms with van der Waals surface area (Å²) in [6.07, 6.45) is 0.869. The van der Waals surface area contributed by atoms with Crippen molar-refractivity contribution in [3.05, 3.63) is 71.4 Å². The number of nitrogens with zero attached hydrogens (tertiary/aromatic N) is 3. The van der Waals surface area contributed by atoms with E-state index < -0.39 is 12.6 Å². The molecule has 0 unspecified atom stereocenters. The van der Waals surface area contributed by atoms with Crippen molar-refractivity contribution in [1.29, 1.82) is 5.26 Å². The summed E-state index contributed by atoms with van der Waals surface area (Å²) in [5.74, 6) is -0.932. The monoisotopic (exact) mass is 401 g/mol. The molecule has 0 radical (unpaired) electrons. The molecule has 152 valence electrons. The van der Waals surface area contributed by atoms with Crippen molar-refractivity contribution in [3.8, 4) is 6.07 Å². The quantitative estimate of drug-likeness (QED) is 0.554. The van der Waals surface area contributed by atoms with E-state index in [1.54, 1.807) is 12.1 Å². The average molecular weight is 401 g/mol. The lowest BCUT2D eigenvalue weighted by Gasteiger charge is -2.22. The largest absolute Gasteiger partial charge is 0.452 e. The van der Waals surface area contributed by atoms with Crippen molar-refractivity contribution in [3.63, 3.8) is 0 Å². The summed E-state index contributed by atoms with van der Waals surface area (Å²) in [5, 5.41) is 9.61. The highest BCUT2D eigenvalue weighted by Crippen LogP contribution is 2.24. The summed E-state index contributed by atoms with van der Waals surface area (Å²) in [6.45, 7) is 3.65. The molecule has 0 aliphatic heterocycles. The van der Waals surface area contributed by atoms with Crippen LogP contribution in [-0.2, 0) is 16.0 Å². The molecule has 0 atom stereocenters. The van der Waals surface area contributed by atoms with E-state index in [0.717, 1.165) is 16.8 Å². The van der Waals surface area contributed by atoms with Crippen LogP contribution in [0.1, 0.15) is 35.0 Å². The molecule has 0 saturated carbocycles. The summed E-state index contributed by atoms with van der Waals surface area (Å²) in [5.41, 5.74) is 3.41. The zero-order valence-corrected chi connectivity index (χ0v) is 17.1. The minimum absolute atomic E-state index is 0.183. The number of amides is 1. The first-order valence-corrected chi connectivity index (χ1v) is 9.84. The minimum Gasteiger partial charge on any atom is -0.452 e. The molecular formula is C24H23N3O3. The van der Waals surface area contributed by atoms with Crippen molar-refractivity contribution in [2.45, 2.75) is 26.7 Å². The predicted molar refractivity (Wildman–Crippen MR) is 115 cm³/mol. The number of anilines is 1. The predicted octanol–water partition coefficient (Wildman–Crippen LogP) is 4.21. The number of fused-ring (bicyclic) bond motifs is 1. The van der Waals surface area contributed by atoms with Crippen LogP contribution in [0.5, 0.6) is 0 Å². The second-order valence-corrected chi connectivity index (χ2v) is 6.79. The third-order valence-corrected chi connectivity index (χ3v) is 4.92. The number of benzene rings is 2. The van der Waals surface area contributed by atoms with Gasteiger partial charge < -0.3 is 9.64 Å². The maximum absolute atomic E-state index is 13.0. The molecule has 30 heavy (non-hydrogen) atoms.